The zero-order chi connectivity index (χ0) is 9.14. The molecule has 0 aromatic heterocycles. The van der Waals surface area contributed by atoms with Crippen molar-refractivity contribution in [2.45, 2.75) is 33.6 Å². The SMILES string of the molecule is C=CC(C(C)CC)C1C=C(C)C1. The maximum atomic E-state index is 3.93. The molecule has 0 bridgehead atoms. The summed E-state index contributed by atoms with van der Waals surface area (Å²) in [5.74, 6) is 2.29. The molecule has 3 unspecified atom stereocenters. The van der Waals surface area contributed by atoms with Gasteiger partial charge in [-0.05, 0) is 31.1 Å². The fourth-order valence-corrected chi connectivity index (χ4v) is 2.05. The van der Waals surface area contributed by atoms with Gasteiger partial charge in [0.05, 0.1) is 0 Å². The molecule has 1 aliphatic carbocycles. The van der Waals surface area contributed by atoms with Gasteiger partial charge in [0.2, 0.25) is 0 Å². The van der Waals surface area contributed by atoms with Crippen LogP contribution in [0, 0.1) is 17.8 Å². The summed E-state index contributed by atoms with van der Waals surface area (Å²) in [6, 6.07) is 0. The van der Waals surface area contributed by atoms with Crippen molar-refractivity contribution in [2.24, 2.45) is 17.8 Å². The van der Waals surface area contributed by atoms with Gasteiger partial charge >= 0.3 is 0 Å². The molecule has 0 radical (unpaired) electrons. The van der Waals surface area contributed by atoms with E-state index in [0.717, 1.165) is 11.8 Å². The lowest BCUT2D eigenvalue weighted by atomic mass is 9.72. The van der Waals surface area contributed by atoms with Gasteiger partial charge in [-0.25, -0.2) is 0 Å². The molecule has 0 saturated carbocycles. The Balaban J connectivity index is 2.52. The molecule has 1 rings (SSSR count). The van der Waals surface area contributed by atoms with Gasteiger partial charge in [-0.15, -0.1) is 6.58 Å². The molecule has 68 valence electrons. The summed E-state index contributed by atoms with van der Waals surface area (Å²) < 4.78 is 0. The van der Waals surface area contributed by atoms with Crippen molar-refractivity contribution >= 4 is 0 Å². The van der Waals surface area contributed by atoms with E-state index in [1.54, 1.807) is 5.57 Å². The minimum Gasteiger partial charge on any atom is -0.103 e. The minimum absolute atomic E-state index is 0.707. The summed E-state index contributed by atoms with van der Waals surface area (Å²) >= 11 is 0. The van der Waals surface area contributed by atoms with Crippen molar-refractivity contribution < 1.29 is 0 Å². The average molecular weight is 164 g/mol. The lowest BCUT2D eigenvalue weighted by Crippen LogP contribution is -2.23. The van der Waals surface area contributed by atoms with Gasteiger partial charge in [0.1, 0.15) is 0 Å². The first-order valence-corrected chi connectivity index (χ1v) is 4.98. The molecule has 0 aromatic carbocycles. The fraction of sp³-hybridized carbons (Fsp3) is 0.667. The summed E-state index contributed by atoms with van der Waals surface area (Å²) in [7, 11) is 0. The van der Waals surface area contributed by atoms with E-state index in [2.05, 4.69) is 39.5 Å². The predicted molar refractivity (Wildman–Crippen MR) is 55.0 cm³/mol. The summed E-state index contributed by atoms with van der Waals surface area (Å²) in [6.45, 7) is 10.7. The smallest absolute Gasteiger partial charge is 0.0128 e. The van der Waals surface area contributed by atoms with Crippen LogP contribution in [0.4, 0.5) is 0 Å². The Bertz CT molecular complexity index is 188. The highest BCUT2D eigenvalue weighted by atomic mass is 14.3. The average Bonchev–Trinajstić information content (AvgIpc) is 2.02. The molecule has 0 amide bonds. The molecule has 0 saturated heterocycles. The second kappa shape index (κ2) is 3.93. The molecule has 0 N–H and O–H groups in total. The lowest BCUT2D eigenvalue weighted by molar-refractivity contribution is 0.312. The van der Waals surface area contributed by atoms with E-state index in [1.807, 2.05) is 0 Å². The minimum atomic E-state index is 0.707. The third kappa shape index (κ3) is 1.80. The molecule has 1 aliphatic rings. The van der Waals surface area contributed by atoms with E-state index < -0.39 is 0 Å². The zero-order valence-corrected chi connectivity index (χ0v) is 8.51. The molecule has 3 atom stereocenters. The van der Waals surface area contributed by atoms with E-state index in [4.69, 9.17) is 0 Å². The van der Waals surface area contributed by atoms with E-state index in [0.29, 0.717) is 5.92 Å². The third-order valence-corrected chi connectivity index (χ3v) is 3.12. The number of hydrogen-bond donors (Lipinski definition) is 0. The first-order valence-electron chi connectivity index (χ1n) is 4.98. The van der Waals surface area contributed by atoms with Crippen LogP contribution in [-0.2, 0) is 0 Å². The van der Waals surface area contributed by atoms with Gasteiger partial charge in [-0.3, -0.25) is 0 Å². The second-order valence-electron chi connectivity index (χ2n) is 4.08. The quantitative estimate of drug-likeness (QED) is 0.554. The molecule has 0 nitrogen and oxygen atoms in total. The maximum Gasteiger partial charge on any atom is -0.0128 e. The van der Waals surface area contributed by atoms with Crippen molar-refractivity contribution in [3.05, 3.63) is 24.3 Å². The Labute approximate surface area is 76.4 Å². The van der Waals surface area contributed by atoms with Crippen molar-refractivity contribution in [3.8, 4) is 0 Å². The highest BCUT2D eigenvalue weighted by Gasteiger charge is 2.26. The zero-order valence-electron chi connectivity index (χ0n) is 8.51. The van der Waals surface area contributed by atoms with Crippen LogP contribution < -0.4 is 0 Å². The third-order valence-electron chi connectivity index (χ3n) is 3.12. The molecule has 0 aliphatic heterocycles. The Morgan fingerprint density at radius 3 is 2.67 bits per heavy atom. The molecule has 12 heavy (non-hydrogen) atoms. The molecule has 0 fully saturated rings. The van der Waals surface area contributed by atoms with Crippen molar-refractivity contribution in [1.82, 2.24) is 0 Å². The van der Waals surface area contributed by atoms with E-state index in [1.165, 1.54) is 12.8 Å². The fourth-order valence-electron chi connectivity index (χ4n) is 2.05. The van der Waals surface area contributed by atoms with E-state index in [-0.39, 0.29) is 0 Å². The monoisotopic (exact) mass is 164 g/mol. The predicted octanol–water partition coefficient (Wildman–Crippen LogP) is 3.80. The molecule has 0 heteroatoms. The second-order valence-corrected chi connectivity index (χ2v) is 4.08. The van der Waals surface area contributed by atoms with Crippen LogP contribution in [-0.4, -0.2) is 0 Å². The van der Waals surface area contributed by atoms with Gasteiger partial charge < -0.3 is 0 Å². The Morgan fingerprint density at radius 2 is 2.33 bits per heavy atom. The van der Waals surface area contributed by atoms with Gasteiger partial charge in [-0.2, -0.15) is 0 Å². The summed E-state index contributed by atoms with van der Waals surface area (Å²) in [4.78, 5) is 0. The van der Waals surface area contributed by atoms with Crippen molar-refractivity contribution in [1.29, 1.82) is 0 Å². The topological polar surface area (TPSA) is 0 Å². The van der Waals surface area contributed by atoms with Crippen LogP contribution in [0.5, 0.6) is 0 Å². The highest BCUT2D eigenvalue weighted by molar-refractivity contribution is 5.17. The Kier molecular flexibility index (Phi) is 3.13. The highest BCUT2D eigenvalue weighted by Crippen LogP contribution is 2.37. The Hall–Kier alpha value is -0.520. The van der Waals surface area contributed by atoms with Gasteiger partial charge in [0, 0.05) is 0 Å². The summed E-state index contributed by atoms with van der Waals surface area (Å²) in [6.07, 6.45) is 7.10. The molecule has 0 spiro atoms. The summed E-state index contributed by atoms with van der Waals surface area (Å²) in [5, 5.41) is 0. The van der Waals surface area contributed by atoms with Gasteiger partial charge in [0.15, 0.2) is 0 Å². The van der Waals surface area contributed by atoms with Crippen molar-refractivity contribution in [2.75, 3.05) is 0 Å². The van der Waals surface area contributed by atoms with Crippen LogP contribution in [0.15, 0.2) is 24.3 Å². The van der Waals surface area contributed by atoms with Gasteiger partial charge in [-0.1, -0.05) is 38.0 Å². The van der Waals surface area contributed by atoms with E-state index >= 15 is 0 Å². The first kappa shape index (κ1) is 9.57. The van der Waals surface area contributed by atoms with Gasteiger partial charge in [0.25, 0.3) is 0 Å². The molecule has 0 heterocycles. The molecule has 0 aromatic rings. The standard InChI is InChI=1S/C12H20/c1-5-10(4)12(6-2)11-7-9(3)8-11/h6-7,10-12H,2,5,8H2,1,3-4H3. The van der Waals surface area contributed by atoms with Crippen LogP contribution >= 0.6 is 0 Å². The normalized spacial score (nSPS) is 26.9. The lowest BCUT2D eigenvalue weighted by Gasteiger charge is -2.33. The van der Waals surface area contributed by atoms with Crippen LogP contribution in [0.1, 0.15) is 33.6 Å². The van der Waals surface area contributed by atoms with Crippen LogP contribution in [0.3, 0.4) is 0 Å². The number of allylic oxidation sites excluding steroid dienone is 3. The number of hydrogen-bond acceptors (Lipinski definition) is 0. The maximum absolute atomic E-state index is 3.93. The van der Waals surface area contributed by atoms with Crippen LogP contribution in [0.25, 0.3) is 0 Å². The summed E-state index contributed by atoms with van der Waals surface area (Å²) in [5.41, 5.74) is 1.55. The molecular formula is C12H20. The molecular weight excluding hydrogens is 144 g/mol. The first-order chi connectivity index (χ1) is 5.69. The largest absolute Gasteiger partial charge is 0.103 e. The van der Waals surface area contributed by atoms with Crippen molar-refractivity contribution in [3.63, 3.8) is 0 Å². The Morgan fingerprint density at radius 1 is 1.75 bits per heavy atom. The van der Waals surface area contributed by atoms with Crippen LogP contribution in [0.2, 0.25) is 0 Å². The number of rotatable bonds is 4. The van der Waals surface area contributed by atoms with E-state index in [9.17, 15) is 0 Å².